The smallest absolute Gasteiger partial charge is 0.111 e. The molecular weight excluding hydrogens is 194 g/mol. The lowest BCUT2D eigenvalue weighted by atomic mass is 10.3. The minimum atomic E-state index is -0.0341. The molecule has 3 rings (SSSR count). The molecule has 0 spiro atoms. The predicted molar refractivity (Wildman–Crippen MR) is 53.3 cm³/mol. The molecule has 0 aliphatic carbocycles. The minimum Gasteiger partial charge on any atom is -0.390 e. The van der Waals surface area contributed by atoms with Gasteiger partial charge >= 0.3 is 0 Å². The van der Waals surface area contributed by atoms with Crippen molar-refractivity contribution in [2.45, 2.75) is 12.6 Å². The summed E-state index contributed by atoms with van der Waals surface area (Å²) in [6, 6.07) is 4.01. The van der Waals surface area contributed by atoms with Crippen LogP contribution >= 0.6 is 0 Å². The number of hydrogen-bond donors (Lipinski definition) is 1. The lowest BCUT2D eigenvalue weighted by Crippen LogP contribution is -2.30. The molecule has 0 aromatic carbocycles. The standard InChI is InChI=1S/C10H11N3O2/c14-4-7-1-2-9-10(11-7)3-13(12-9)8-5-15-6-8/h1-3,8,14H,4-6H2. The monoisotopic (exact) mass is 205 g/mol. The van der Waals surface area contributed by atoms with Gasteiger partial charge in [-0.05, 0) is 12.1 Å². The van der Waals surface area contributed by atoms with Gasteiger partial charge in [-0.25, -0.2) is 4.98 Å². The molecule has 5 heteroatoms. The number of ether oxygens (including phenoxy) is 1. The Bertz CT molecular complexity index is 490. The van der Waals surface area contributed by atoms with Crippen molar-refractivity contribution in [1.82, 2.24) is 14.8 Å². The number of pyridine rings is 1. The number of aliphatic hydroxyl groups is 1. The summed E-state index contributed by atoms with van der Waals surface area (Å²) in [5.74, 6) is 0. The number of nitrogens with zero attached hydrogens (tertiary/aromatic N) is 3. The molecule has 0 amide bonds. The Morgan fingerprint density at radius 1 is 1.40 bits per heavy atom. The van der Waals surface area contributed by atoms with Crippen molar-refractivity contribution < 1.29 is 9.84 Å². The first-order valence-corrected chi connectivity index (χ1v) is 4.90. The Morgan fingerprint density at radius 3 is 2.93 bits per heavy atom. The molecule has 0 radical (unpaired) electrons. The SMILES string of the molecule is OCc1ccc2nn(C3COC3)cc2n1. The molecule has 1 aliphatic rings. The van der Waals surface area contributed by atoms with Crippen LogP contribution in [-0.2, 0) is 11.3 Å². The molecule has 3 heterocycles. The first kappa shape index (κ1) is 8.82. The van der Waals surface area contributed by atoms with Gasteiger partial charge in [0.2, 0.25) is 0 Å². The molecule has 2 aromatic heterocycles. The zero-order chi connectivity index (χ0) is 10.3. The van der Waals surface area contributed by atoms with E-state index in [1.165, 1.54) is 0 Å². The minimum absolute atomic E-state index is 0.0341. The normalized spacial score (nSPS) is 16.9. The Morgan fingerprint density at radius 2 is 2.27 bits per heavy atom. The fourth-order valence-electron chi connectivity index (χ4n) is 1.62. The lowest BCUT2D eigenvalue weighted by Gasteiger charge is -2.25. The molecular formula is C10H11N3O2. The van der Waals surface area contributed by atoms with Gasteiger partial charge in [0, 0.05) is 0 Å². The molecule has 0 bridgehead atoms. The van der Waals surface area contributed by atoms with Gasteiger partial charge in [0.15, 0.2) is 0 Å². The van der Waals surface area contributed by atoms with Gasteiger partial charge in [0.05, 0.1) is 37.8 Å². The van der Waals surface area contributed by atoms with Gasteiger partial charge in [-0.2, -0.15) is 5.10 Å². The first-order chi connectivity index (χ1) is 7.36. The summed E-state index contributed by atoms with van der Waals surface area (Å²) in [5, 5.41) is 13.4. The lowest BCUT2D eigenvalue weighted by molar-refractivity contribution is -0.0283. The van der Waals surface area contributed by atoms with E-state index in [1.54, 1.807) is 6.07 Å². The van der Waals surface area contributed by atoms with Crippen LogP contribution in [-0.4, -0.2) is 33.1 Å². The van der Waals surface area contributed by atoms with Crippen LogP contribution in [0.3, 0.4) is 0 Å². The Kier molecular flexibility index (Phi) is 1.93. The van der Waals surface area contributed by atoms with Crippen molar-refractivity contribution in [2.24, 2.45) is 0 Å². The van der Waals surface area contributed by atoms with Crippen LogP contribution in [0.2, 0.25) is 0 Å². The zero-order valence-corrected chi connectivity index (χ0v) is 8.13. The summed E-state index contributed by atoms with van der Waals surface area (Å²) in [5.41, 5.74) is 2.36. The van der Waals surface area contributed by atoms with Crippen molar-refractivity contribution in [3.05, 3.63) is 24.0 Å². The van der Waals surface area contributed by atoms with Crippen LogP contribution < -0.4 is 0 Å². The van der Waals surface area contributed by atoms with Gasteiger partial charge in [-0.1, -0.05) is 0 Å². The highest BCUT2D eigenvalue weighted by molar-refractivity contribution is 5.73. The Balaban J connectivity index is 2.04. The van der Waals surface area contributed by atoms with Crippen molar-refractivity contribution in [3.63, 3.8) is 0 Å². The summed E-state index contributed by atoms with van der Waals surface area (Å²) in [6.07, 6.45) is 1.90. The molecule has 2 aromatic rings. The highest BCUT2D eigenvalue weighted by atomic mass is 16.5. The van der Waals surface area contributed by atoms with E-state index >= 15 is 0 Å². The summed E-state index contributed by atoms with van der Waals surface area (Å²) in [6.45, 7) is 1.41. The van der Waals surface area contributed by atoms with Gasteiger partial charge in [-0.15, -0.1) is 0 Å². The number of aromatic nitrogens is 3. The third-order valence-corrected chi connectivity index (χ3v) is 2.59. The van der Waals surface area contributed by atoms with E-state index in [-0.39, 0.29) is 6.61 Å². The van der Waals surface area contributed by atoms with Gasteiger partial charge in [0.25, 0.3) is 0 Å². The highest BCUT2D eigenvalue weighted by Gasteiger charge is 2.21. The molecule has 1 aliphatic heterocycles. The Labute approximate surface area is 86.3 Å². The average Bonchev–Trinajstić information content (AvgIpc) is 2.56. The topological polar surface area (TPSA) is 60.2 Å². The van der Waals surface area contributed by atoms with Crippen molar-refractivity contribution >= 4 is 11.0 Å². The van der Waals surface area contributed by atoms with Crippen LogP contribution in [0.15, 0.2) is 18.3 Å². The maximum atomic E-state index is 8.96. The summed E-state index contributed by atoms with van der Waals surface area (Å²) in [7, 11) is 0. The van der Waals surface area contributed by atoms with Crippen LogP contribution in [0.25, 0.3) is 11.0 Å². The van der Waals surface area contributed by atoms with Gasteiger partial charge in [0.1, 0.15) is 11.0 Å². The maximum absolute atomic E-state index is 8.96. The Hall–Kier alpha value is -1.46. The molecule has 1 saturated heterocycles. The van der Waals surface area contributed by atoms with Crippen LogP contribution in [0.1, 0.15) is 11.7 Å². The summed E-state index contributed by atoms with van der Waals surface area (Å²) >= 11 is 0. The molecule has 0 saturated carbocycles. The second kappa shape index (κ2) is 3.29. The van der Waals surface area contributed by atoms with Crippen molar-refractivity contribution in [3.8, 4) is 0 Å². The number of fused-ring (bicyclic) bond motifs is 1. The fraction of sp³-hybridized carbons (Fsp3) is 0.400. The molecule has 1 N–H and O–H groups in total. The second-order valence-electron chi connectivity index (χ2n) is 3.67. The van der Waals surface area contributed by atoms with Crippen LogP contribution in [0.5, 0.6) is 0 Å². The van der Waals surface area contributed by atoms with Crippen LogP contribution in [0.4, 0.5) is 0 Å². The average molecular weight is 205 g/mol. The van der Waals surface area contributed by atoms with Crippen molar-refractivity contribution in [2.75, 3.05) is 13.2 Å². The molecule has 1 fully saturated rings. The van der Waals surface area contributed by atoms with E-state index < -0.39 is 0 Å². The fourth-order valence-corrected chi connectivity index (χ4v) is 1.62. The maximum Gasteiger partial charge on any atom is 0.111 e. The van der Waals surface area contributed by atoms with Gasteiger partial charge in [-0.3, -0.25) is 4.68 Å². The number of hydrogen-bond acceptors (Lipinski definition) is 4. The second-order valence-corrected chi connectivity index (χ2v) is 3.67. The van der Waals surface area contributed by atoms with E-state index in [2.05, 4.69) is 10.1 Å². The molecule has 0 atom stereocenters. The quantitative estimate of drug-likeness (QED) is 0.775. The van der Waals surface area contributed by atoms with E-state index in [0.29, 0.717) is 11.7 Å². The summed E-state index contributed by atoms with van der Waals surface area (Å²) < 4.78 is 7.00. The molecule has 0 unspecified atom stereocenters. The highest BCUT2D eigenvalue weighted by Crippen LogP contribution is 2.19. The zero-order valence-electron chi connectivity index (χ0n) is 8.13. The van der Waals surface area contributed by atoms with E-state index in [9.17, 15) is 0 Å². The number of rotatable bonds is 2. The third-order valence-electron chi connectivity index (χ3n) is 2.59. The molecule has 5 nitrogen and oxygen atoms in total. The van der Waals surface area contributed by atoms with E-state index in [0.717, 1.165) is 24.2 Å². The third kappa shape index (κ3) is 1.40. The largest absolute Gasteiger partial charge is 0.390 e. The first-order valence-electron chi connectivity index (χ1n) is 4.90. The number of aliphatic hydroxyl groups excluding tert-OH is 1. The summed E-state index contributed by atoms with van der Waals surface area (Å²) in [4.78, 5) is 4.28. The van der Waals surface area contributed by atoms with Crippen LogP contribution in [0, 0.1) is 0 Å². The van der Waals surface area contributed by atoms with E-state index in [1.807, 2.05) is 16.9 Å². The van der Waals surface area contributed by atoms with E-state index in [4.69, 9.17) is 9.84 Å². The molecule has 15 heavy (non-hydrogen) atoms. The van der Waals surface area contributed by atoms with Gasteiger partial charge < -0.3 is 9.84 Å². The predicted octanol–water partition coefficient (Wildman–Crippen LogP) is 0.495. The van der Waals surface area contributed by atoms with Crippen molar-refractivity contribution in [1.29, 1.82) is 0 Å². The molecule has 78 valence electrons.